The Kier molecular flexibility index (Phi) is 11.7. The smallest absolute Gasteiger partial charge is 0.296 e. The van der Waals surface area contributed by atoms with Gasteiger partial charge in [0.15, 0.2) is 5.75 Å². The average Bonchev–Trinajstić information content (AvgIpc) is 2.95. The second-order valence-corrected chi connectivity index (χ2v) is 11.9. The third-order valence-corrected chi connectivity index (χ3v) is 7.93. The number of anilines is 1. The van der Waals surface area contributed by atoms with Crippen molar-refractivity contribution in [3.05, 3.63) is 91.0 Å². The van der Waals surface area contributed by atoms with Crippen LogP contribution in [-0.4, -0.2) is 95.3 Å². The van der Waals surface area contributed by atoms with Gasteiger partial charge in [0.25, 0.3) is 20.2 Å². The van der Waals surface area contributed by atoms with Gasteiger partial charge in [-0.1, -0.05) is 24.3 Å². The molecule has 0 aromatic heterocycles. The number of rotatable bonds is 7. The molecule has 220 valence electrons. The van der Waals surface area contributed by atoms with Gasteiger partial charge in [-0.3, -0.25) is 9.11 Å². The van der Waals surface area contributed by atoms with Crippen molar-refractivity contribution in [2.75, 3.05) is 5.73 Å². The summed E-state index contributed by atoms with van der Waals surface area (Å²) in [5.74, 6) is -0.841. The molecule has 0 aliphatic heterocycles. The normalized spacial score (nSPS) is 11.9. The van der Waals surface area contributed by atoms with Crippen LogP contribution in [0.1, 0.15) is 0 Å². The van der Waals surface area contributed by atoms with Crippen molar-refractivity contribution >= 4 is 119 Å². The van der Waals surface area contributed by atoms with Crippen molar-refractivity contribution in [2.24, 2.45) is 20.5 Å². The maximum absolute atomic E-state index is 12.0. The molecule has 45 heavy (non-hydrogen) atoms. The maximum Gasteiger partial charge on any atom is 0.296 e. The molecule has 0 fully saturated rings. The molecule has 5 rings (SSSR count). The second-order valence-electron chi connectivity index (χ2n) is 9.15. The Labute approximate surface area is 301 Å². The number of nitrogen functional groups attached to an aromatic ring is 1. The van der Waals surface area contributed by atoms with Crippen LogP contribution in [-0.2, 0) is 20.2 Å². The number of fused-ring (bicyclic) bond motifs is 1. The molecule has 0 saturated heterocycles. The van der Waals surface area contributed by atoms with Crippen molar-refractivity contribution in [1.82, 2.24) is 0 Å². The SMILES string of the molecule is Nc1ccc2c(O)c(N=Nc3ccc(-c4ccc(N=Nc5ccc(O)cc5S(=O)(=O)O)cc4)cc3)c(S(=O)(=O)O)cc2c1.[Na].[Na]. The molecule has 5 aromatic carbocycles. The molecule has 0 spiro atoms. The van der Waals surface area contributed by atoms with E-state index in [9.17, 15) is 36.2 Å². The van der Waals surface area contributed by atoms with Crippen molar-refractivity contribution in [3.8, 4) is 22.6 Å². The minimum Gasteiger partial charge on any atom is -0.508 e. The largest absolute Gasteiger partial charge is 0.508 e. The summed E-state index contributed by atoms with van der Waals surface area (Å²) in [6.45, 7) is 0. The van der Waals surface area contributed by atoms with Crippen molar-refractivity contribution in [2.45, 2.75) is 9.79 Å². The molecule has 0 aliphatic carbocycles. The van der Waals surface area contributed by atoms with Crippen molar-refractivity contribution in [3.63, 3.8) is 0 Å². The van der Waals surface area contributed by atoms with E-state index in [-0.39, 0.29) is 75.9 Å². The Hall–Kier alpha value is -3.22. The van der Waals surface area contributed by atoms with Crippen LogP contribution in [0.25, 0.3) is 21.9 Å². The van der Waals surface area contributed by atoms with E-state index in [4.69, 9.17) is 5.73 Å². The van der Waals surface area contributed by atoms with Crippen LogP contribution in [0, 0.1) is 0 Å². The summed E-state index contributed by atoms with van der Waals surface area (Å²) < 4.78 is 66.2. The van der Waals surface area contributed by atoms with Crippen LogP contribution in [0.3, 0.4) is 0 Å². The maximum atomic E-state index is 12.0. The van der Waals surface area contributed by atoms with Gasteiger partial charge in [0.2, 0.25) is 0 Å². The number of nitrogens with zero attached hydrogens (tertiary/aromatic N) is 4. The number of hydrogen-bond acceptors (Lipinski definition) is 11. The molecule has 0 atom stereocenters. The molecule has 6 N–H and O–H groups in total. The van der Waals surface area contributed by atoms with E-state index in [0.29, 0.717) is 22.4 Å². The van der Waals surface area contributed by atoms with Gasteiger partial charge >= 0.3 is 0 Å². The number of aromatic hydroxyl groups is 2. The van der Waals surface area contributed by atoms with Gasteiger partial charge in [-0.2, -0.15) is 27.1 Å². The topological polar surface area (TPSA) is 225 Å². The standard InChI is InChI=1S/C28H21N5O8S2.2Na/c29-19-5-11-23-18(13-19)14-26(43(39,40)41)27(28(23)35)33-31-21-8-3-17(4-9-21)16-1-6-20(7-2-16)30-32-24-12-10-22(34)15-25(24)42(36,37)38;;/h1-15,34-35H,29H2,(H,36,37,38)(H,39,40,41);;. The minimum absolute atomic E-state index is 0. The monoisotopic (exact) mass is 665 g/mol. The van der Waals surface area contributed by atoms with E-state index in [1.165, 1.54) is 30.3 Å². The molecule has 0 aliphatic rings. The molecular weight excluding hydrogens is 644 g/mol. The fourth-order valence-corrected chi connectivity index (χ4v) is 5.42. The molecule has 5 aromatic rings. The minimum atomic E-state index is -4.76. The predicted octanol–water partition coefficient (Wildman–Crippen LogP) is 6.06. The van der Waals surface area contributed by atoms with E-state index in [0.717, 1.165) is 23.3 Å². The molecule has 13 nitrogen and oxygen atoms in total. The van der Waals surface area contributed by atoms with Crippen LogP contribution in [0.2, 0.25) is 0 Å². The Morgan fingerprint density at radius 2 is 1.11 bits per heavy atom. The van der Waals surface area contributed by atoms with Crippen LogP contribution in [0.15, 0.2) is 121 Å². The fraction of sp³-hybridized carbons (Fsp3) is 0. The van der Waals surface area contributed by atoms with Crippen LogP contribution >= 0.6 is 0 Å². The predicted molar refractivity (Wildman–Crippen MR) is 169 cm³/mol. The van der Waals surface area contributed by atoms with Crippen LogP contribution in [0.5, 0.6) is 11.5 Å². The second kappa shape index (κ2) is 14.5. The van der Waals surface area contributed by atoms with E-state index in [1.54, 1.807) is 48.5 Å². The number of nitrogens with two attached hydrogens (primary N) is 1. The molecule has 0 unspecified atom stereocenters. The Morgan fingerprint density at radius 1 is 0.578 bits per heavy atom. The number of azo groups is 2. The van der Waals surface area contributed by atoms with Crippen LogP contribution < -0.4 is 5.73 Å². The summed E-state index contributed by atoms with van der Waals surface area (Å²) in [7, 11) is -9.39. The Bertz CT molecular complexity index is 2160. The number of benzene rings is 5. The van der Waals surface area contributed by atoms with E-state index in [2.05, 4.69) is 20.5 Å². The van der Waals surface area contributed by atoms with Gasteiger partial charge in [0.1, 0.15) is 26.9 Å². The molecule has 0 amide bonds. The average molecular weight is 666 g/mol. The molecule has 0 saturated carbocycles. The molecule has 2 radical (unpaired) electrons. The van der Waals surface area contributed by atoms with Crippen molar-refractivity contribution < 1.29 is 36.2 Å². The summed E-state index contributed by atoms with van der Waals surface area (Å²) >= 11 is 0. The summed E-state index contributed by atoms with van der Waals surface area (Å²) in [5, 5.41) is 36.6. The third-order valence-electron chi connectivity index (χ3n) is 6.18. The first kappa shape index (κ1) is 36.3. The van der Waals surface area contributed by atoms with E-state index < -0.39 is 41.5 Å². The first-order valence-electron chi connectivity index (χ1n) is 12.2. The zero-order chi connectivity index (χ0) is 30.9. The van der Waals surface area contributed by atoms with Gasteiger partial charge in [-0.15, -0.1) is 10.2 Å². The Balaban J connectivity index is 0.00000276. The molecule has 0 bridgehead atoms. The van der Waals surface area contributed by atoms with Gasteiger partial charge in [-0.05, 0) is 77.2 Å². The number of hydrogen-bond donors (Lipinski definition) is 5. The van der Waals surface area contributed by atoms with Gasteiger partial charge in [-0.25, -0.2) is 0 Å². The summed E-state index contributed by atoms with van der Waals surface area (Å²) in [4.78, 5) is -1.21. The summed E-state index contributed by atoms with van der Waals surface area (Å²) in [5.41, 5.74) is 7.78. The van der Waals surface area contributed by atoms with Crippen molar-refractivity contribution in [1.29, 1.82) is 0 Å². The molecule has 0 heterocycles. The van der Waals surface area contributed by atoms with Gasteiger partial charge < -0.3 is 15.9 Å². The third kappa shape index (κ3) is 8.53. The zero-order valence-electron chi connectivity index (χ0n) is 23.8. The summed E-state index contributed by atoms with van der Waals surface area (Å²) in [6, 6.07) is 22.3. The van der Waals surface area contributed by atoms with Crippen LogP contribution in [0.4, 0.5) is 28.4 Å². The quantitative estimate of drug-likeness (QED) is 0.0588. The summed E-state index contributed by atoms with van der Waals surface area (Å²) in [6.07, 6.45) is 0. The first-order valence-corrected chi connectivity index (χ1v) is 15.0. The van der Waals surface area contributed by atoms with E-state index in [1.807, 2.05) is 0 Å². The zero-order valence-corrected chi connectivity index (χ0v) is 29.4. The molecule has 17 heteroatoms. The number of phenolic OH excluding ortho intramolecular Hbond substituents is 2. The van der Waals surface area contributed by atoms with E-state index >= 15 is 0 Å². The fourth-order valence-electron chi connectivity index (χ4n) is 4.12. The Morgan fingerprint density at radius 3 is 1.64 bits per heavy atom. The number of phenols is 2. The first-order chi connectivity index (χ1) is 20.3. The van der Waals surface area contributed by atoms with Gasteiger partial charge in [0, 0.05) is 76.3 Å². The van der Waals surface area contributed by atoms with Gasteiger partial charge in [0.05, 0.1) is 11.4 Å². The molecular formula is C28H21N5Na2O8S2.